The summed E-state index contributed by atoms with van der Waals surface area (Å²) >= 11 is 0. The van der Waals surface area contributed by atoms with Crippen LogP contribution in [0.2, 0.25) is 0 Å². The molecule has 8 nitrogen and oxygen atoms in total. The van der Waals surface area contributed by atoms with Crippen molar-refractivity contribution < 1.29 is 95.3 Å². The van der Waals surface area contributed by atoms with Gasteiger partial charge in [0.2, 0.25) is 0 Å². The molecule has 108 valence electrons. The van der Waals surface area contributed by atoms with Gasteiger partial charge in [0.25, 0.3) is 0 Å². The van der Waals surface area contributed by atoms with Crippen LogP contribution in [-0.4, -0.2) is 47.0 Å². The third kappa shape index (κ3) is 6.88. The first-order valence-corrected chi connectivity index (χ1v) is 8.23. The predicted molar refractivity (Wildman–Crippen MR) is 56.9 cm³/mol. The first-order valence-electron chi connectivity index (χ1n) is 5.29. The van der Waals surface area contributed by atoms with Gasteiger partial charge in [0, 0.05) is 0 Å². The molecular weight excluding hydrogens is 334 g/mol. The zero-order valence-electron chi connectivity index (χ0n) is 11.3. The molecule has 1 saturated carbocycles. The van der Waals surface area contributed by atoms with E-state index in [1.165, 1.54) is 0 Å². The van der Waals surface area contributed by atoms with Crippen LogP contribution >= 0.6 is 0 Å². The van der Waals surface area contributed by atoms with E-state index in [1.54, 1.807) is 0 Å². The summed E-state index contributed by atoms with van der Waals surface area (Å²) in [6.07, 6.45) is 0.593. The Kier molecular flexibility index (Phi) is 11.0. The van der Waals surface area contributed by atoms with Crippen molar-refractivity contribution >= 4 is 20.2 Å². The van der Waals surface area contributed by atoms with Gasteiger partial charge in [-0.2, -0.15) is 0 Å². The van der Waals surface area contributed by atoms with Crippen LogP contribution in [0.25, 0.3) is 0 Å². The minimum Gasteiger partial charge on any atom is -0.746 e. The van der Waals surface area contributed by atoms with Crippen LogP contribution in [0.15, 0.2) is 0 Å². The average Bonchev–Trinajstić information content (AvgIpc) is 2.24. The molecule has 4 atom stereocenters. The van der Waals surface area contributed by atoms with Crippen molar-refractivity contribution in [2.75, 3.05) is 0 Å². The van der Waals surface area contributed by atoms with E-state index in [4.69, 9.17) is 0 Å². The van der Waals surface area contributed by atoms with Crippen LogP contribution in [0.5, 0.6) is 0 Å². The molecule has 0 aromatic rings. The monoisotopic (exact) mass is 348 g/mol. The number of hydrogen-bond donors (Lipinski definition) is 2. The van der Waals surface area contributed by atoms with Crippen molar-refractivity contribution in [1.82, 2.24) is 0 Å². The molecule has 1 aliphatic rings. The maximum Gasteiger partial charge on any atom is 1.00 e. The minimum atomic E-state index is -4.89. The molecule has 0 heterocycles. The molecule has 1 aliphatic carbocycles. The predicted octanol–water partition coefficient (Wildman–Crippen LogP) is -7.47. The van der Waals surface area contributed by atoms with Crippen LogP contribution in [0.3, 0.4) is 0 Å². The van der Waals surface area contributed by atoms with Crippen LogP contribution in [-0.2, 0) is 20.2 Å². The smallest absolute Gasteiger partial charge is 0.746 e. The van der Waals surface area contributed by atoms with E-state index in [-0.39, 0.29) is 78.4 Å². The average molecular weight is 348 g/mol. The Balaban J connectivity index is 0. The fourth-order valence-electron chi connectivity index (χ4n) is 2.26. The minimum absolute atomic E-state index is 0. The molecule has 0 amide bonds. The van der Waals surface area contributed by atoms with Gasteiger partial charge in [0.15, 0.2) is 0 Å². The van der Waals surface area contributed by atoms with E-state index in [9.17, 15) is 36.2 Å². The van der Waals surface area contributed by atoms with Gasteiger partial charge in [-0.25, -0.2) is 16.8 Å². The van der Waals surface area contributed by atoms with E-state index in [1.807, 2.05) is 0 Å². The summed E-state index contributed by atoms with van der Waals surface area (Å²) in [5.74, 6) is -1.91. The number of rotatable bonds is 4. The summed E-state index contributed by atoms with van der Waals surface area (Å²) < 4.78 is 63.9. The topological polar surface area (TPSA) is 155 Å². The molecule has 0 aliphatic heterocycles. The molecule has 0 spiro atoms. The Labute approximate surface area is 162 Å². The maximum atomic E-state index is 10.7. The quantitative estimate of drug-likeness (QED) is 0.375. The molecular formula is C8H14Na2O8S2. The summed E-state index contributed by atoms with van der Waals surface area (Å²) in [6.45, 7) is 0. The van der Waals surface area contributed by atoms with Crippen LogP contribution in [0.1, 0.15) is 25.7 Å². The van der Waals surface area contributed by atoms with E-state index in [2.05, 4.69) is 0 Å². The SMILES string of the molecule is O=S(=O)([O-])C(O)C1CCCC(C(O)S(=O)(=O)[O-])C1.[Na+].[Na+]. The summed E-state index contributed by atoms with van der Waals surface area (Å²) in [5, 5.41) is 18.6. The van der Waals surface area contributed by atoms with Gasteiger partial charge in [0.05, 0.1) is 0 Å². The fourth-order valence-corrected chi connectivity index (χ4v) is 3.69. The van der Waals surface area contributed by atoms with Crippen LogP contribution < -0.4 is 59.1 Å². The molecule has 0 saturated heterocycles. The van der Waals surface area contributed by atoms with E-state index in [0.29, 0.717) is 6.42 Å². The Morgan fingerprint density at radius 2 is 1.15 bits per heavy atom. The fraction of sp³-hybridized carbons (Fsp3) is 1.00. The first-order chi connectivity index (χ1) is 8.03. The Morgan fingerprint density at radius 1 is 0.850 bits per heavy atom. The van der Waals surface area contributed by atoms with Crippen molar-refractivity contribution in [3.05, 3.63) is 0 Å². The molecule has 1 fully saturated rings. The summed E-state index contributed by atoms with van der Waals surface area (Å²) in [5.41, 5.74) is -4.27. The van der Waals surface area contributed by atoms with Crippen molar-refractivity contribution in [1.29, 1.82) is 0 Å². The van der Waals surface area contributed by atoms with E-state index in [0.717, 1.165) is 0 Å². The van der Waals surface area contributed by atoms with Crippen molar-refractivity contribution in [2.45, 2.75) is 36.6 Å². The molecule has 20 heavy (non-hydrogen) atoms. The second kappa shape index (κ2) is 9.14. The van der Waals surface area contributed by atoms with Crippen LogP contribution in [0, 0.1) is 11.8 Å². The first kappa shape index (κ1) is 24.0. The molecule has 2 N–H and O–H groups in total. The summed E-state index contributed by atoms with van der Waals surface area (Å²) in [6, 6.07) is 0. The standard InChI is InChI=1S/C8H16O8S2.2Na/c9-7(17(11,12)13)5-2-1-3-6(4-5)8(10)18(14,15)16;;/h5-10H,1-4H2,(H,11,12,13)(H,14,15,16);;/q;2*+1/p-2. The molecule has 0 aromatic heterocycles. The number of aliphatic hydroxyl groups is 2. The molecule has 4 unspecified atom stereocenters. The number of aliphatic hydroxyl groups excluding tert-OH is 2. The van der Waals surface area contributed by atoms with Crippen molar-refractivity contribution in [2.24, 2.45) is 11.8 Å². The van der Waals surface area contributed by atoms with Gasteiger partial charge >= 0.3 is 59.1 Å². The van der Waals surface area contributed by atoms with Crippen LogP contribution in [0.4, 0.5) is 0 Å². The summed E-state index contributed by atoms with van der Waals surface area (Å²) in [7, 11) is -9.78. The molecule has 0 radical (unpaired) electrons. The van der Waals surface area contributed by atoms with E-state index < -0.39 is 42.9 Å². The second-order valence-corrected chi connectivity index (χ2v) is 7.39. The molecule has 0 aromatic carbocycles. The molecule has 0 bridgehead atoms. The van der Waals surface area contributed by atoms with Gasteiger partial charge in [0.1, 0.15) is 31.1 Å². The Bertz CT molecular complexity index is 447. The maximum absolute atomic E-state index is 10.7. The largest absolute Gasteiger partial charge is 1.00 e. The van der Waals surface area contributed by atoms with Crippen molar-refractivity contribution in [3.63, 3.8) is 0 Å². The third-order valence-electron chi connectivity index (χ3n) is 3.15. The van der Waals surface area contributed by atoms with Gasteiger partial charge < -0.3 is 19.3 Å². The van der Waals surface area contributed by atoms with Crippen molar-refractivity contribution in [3.8, 4) is 0 Å². The van der Waals surface area contributed by atoms with Gasteiger partial charge in [-0.05, 0) is 31.1 Å². The molecule has 12 heteroatoms. The van der Waals surface area contributed by atoms with Gasteiger partial charge in [-0.15, -0.1) is 0 Å². The Hall–Kier alpha value is 1.74. The molecule has 1 rings (SSSR count). The Morgan fingerprint density at radius 3 is 1.40 bits per heavy atom. The summed E-state index contributed by atoms with van der Waals surface area (Å²) in [4.78, 5) is 0. The second-order valence-electron chi connectivity index (χ2n) is 4.45. The van der Waals surface area contributed by atoms with E-state index >= 15 is 0 Å². The zero-order chi connectivity index (χ0) is 14.1. The van der Waals surface area contributed by atoms with Gasteiger partial charge in [-0.3, -0.25) is 0 Å². The number of hydrogen-bond acceptors (Lipinski definition) is 8. The normalized spacial score (nSPS) is 26.8. The zero-order valence-corrected chi connectivity index (χ0v) is 16.9. The third-order valence-corrected chi connectivity index (χ3v) is 5.11. The van der Waals surface area contributed by atoms with Gasteiger partial charge in [-0.1, -0.05) is 6.42 Å².